The highest BCUT2D eigenvalue weighted by atomic mass is 16.4. The number of hydrogen-bond acceptors (Lipinski definition) is 3. The van der Waals surface area contributed by atoms with Crippen LogP contribution in [-0.4, -0.2) is 38.1 Å². The zero-order chi connectivity index (χ0) is 11.3. The van der Waals surface area contributed by atoms with Crippen molar-refractivity contribution in [3.05, 3.63) is 17.7 Å². The van der Waals surface area contributed by atoms with Crippen LogP contribution < -0.4 is 0 Å². The van der Waals surface area contributed by atoms with E-state index in [-0.39, 0.29) is 5.69 Å². The van der Waals surface area contributed by atoms with Crippen LogP contribution in [-0.2, 0) is 13.1 Å². The monoisotopic (exact) mass is 208 g/mol. The zero-order valence-electron chi connectivity index (χ0n) is 9.31. The lowest BCUT2D eigenvalue weighted by Gasteiger charge is -2.27. The number of hydrogen-bond donors (Lipinski definition) is 1. The quantitative estimate of drug-likeness (QED) is 0.771. The van der Waals surface area contributed by atoms with Gasteiger partial charge in [-0.3, -0.25) is 4.90 Å². The van der Waals surface area contributed by atoms with Crippen LogP contribution >= 0.6 is 0 Å². The molecule has 1 aromatic rings. The lowest BCUT2D eigenvalue weighted by Crippen LogP contribution is -2.35. The minimum Gasteiger partial charge on any atom is -0.476 e. The Labute approximate surface area is 88.7 Å². The first-order valence-electron chi connectivity index (χ1n) is 5.63. The van der Waals surface area contributed by atoms with Crippen molar-refractivity contribution in [2.24, 2.45) is 0 Å². The zero-order valence-corrected chi connectivity index (χ0v) is 8.31. The number of aromatic carboxylic acids is 1. The maximum absolute atomic E-state index is 10.8. The summed E-state index contributed by atoms with van der Waals surface area (Å²) >= 11 is 0. The molecule has 1 aliphatic heterocycles. The van der Waals surface area contributed by atoms with Crippen molar-refractivity contribution in [1.29, 1.82) is 0 Å². The molecule has 0 unspecified atom stereocenters. The number of carboxylic acids is 1. The molecule has 0 spiro atoms. The highest BCUT2D eigenvalue weighted by Crippen LogP contribution is 2.29. The molecule has 1 aliphatic carbocycles. The smallest absolute Gasteiger partial charge is 0.356 e. The lowest BCUT2D eigenvalue weighted by atomic mass is 10.3. The Morgan fingerprint density at radius 2 is 2.40 bits per heavy atom. The molecule has 1 saturated carbocycles. The van der Waals surface area contributed by atoms with E-state index in [1.807, 2.05) is 4.57 Å². The molecule has 1 N–H and O–H groups in total. The summed E-state index contributed by atoms with van der Waals surface area (Å²) in [4.78, 5) is 16.9. The molecule has 5 nitrogen and oxygen atoms in total. The van der Waals surface area contributed by atoms with Gasteiger partial charge in [0.15, 0.2) is 5.69 Å². The number of imidazole rings is 1. The maximum atomic E-state index is 10.8. The Hall–Kier alpha value is -1.36. The SMILES string of the molecule is [2H]C1(N2CCn3cc(C(=O)O)nc3C2)CC1. The summed E-state index contributed by atoms with van der Waals surface area (Å²) in [6.45, 7) is 2.14. The van der Waals surface area contributed by atoms with E-state index in [2.05, 4.69) is 9.88 Å². The van der Waals surface area contributed by atoms with Crippen molar-refractivity contribution in [3.63, 3.8) is 0 Å². The normalized spacial score (nSPS) is 24.4. The van der Waals surface area contributed by atoms with Crippen molar-refractivity contribution < 1.29 is 11.3 Å². The summed E-state index contributed by atoms with van der Waals surface area (Å²) in [5.41, 5.74) is 0.103. The maximum Gasteiger partial charge on any atom is 0.356 e. The minimum absolute atomic E-state index is 0.103. The van der Waals surface area contributed by atoms with Gasteiger partial charge in [0.2, 0.25) is 0 Å². The molecule has 80 valence electrons. The van der Waals surface area contributed by atoms with Crippen LogP contribution in [0.5, 0.6) is 0 Å². The topological polar surface area (TPSA) is 58.4 Å². The van der Waals surface area contributed by atoms with Crippen LogP contribution in [0.25, 0.3) is 0 Å². The second-order valence-corrected chi connectivity index (χ2v) is 4.03. The molecule has 5 heteroatoms. The molecule has 1 aromatic heterocycles. The number of rotatable bonds is 2. The highest BCUT2D eigenvalue weighted by molar-refractivity contribution is 5.85. The van der Waals surface area contributed by atoms with Gasteiger partial charge in [-0.25, -0.2) is 9.78 Å². The van der Waals surface area contributed by atoms with Gasteiger partial charge >= 0.3 is 5.97 Å². The van der Waals surface area contributed by atoms with Crippen LogP contribution in [0.15, 0.2) is 6.20 Å². The van der Waals surface area contributed by atoms with Crippen molar-refractivity contribution in [2.45, 2.75) is 31.9 Å². The second kappa shape index (κ2) is 3.06. The molecule has 0 saturated heterocycles. The molecule has 2 aliphatic rings. The van der Waals surface area contributed by atoms with E-state index in [9.17, 15) is 4.79 Å². The standard InChI is InChI=1S/C10H13N3O2/c14-10(15)8-5-13-4-3-12(7-1-2-7)6-9(13)11-8/h5,7H,1-4,6H2,(H,14,15)/i7D. The predicted molar refractivity (Wildman–Crippen MR) is 52.6 cm³/mol. The van der Waals surface area contributed by atoms with E-state index in [1.54, 1.807) is 6.20 Å². The number of aromatic nitrogens is 2. The van der Waals surface area contributed by atoms with Crippen LogP contribution in [0.4, 0.5) is 0 Å². The fraction of sp³-hybridized carbons (Fsp3) is 0.600. The van der Waals surface area contributed by atoms with E-state index in [0.29, 0.717) is 6.54 Å². The Balaban J connectivity index is 1.85. The second-order valence-electron chi connectivity index (χ2n) is 4.03. The first kappa shape index (κ1) is 7.87. The molecule has 2 heterocycles. The Kier molecular flexibility index (Phi) is 1.61. The van der Waals surface area contributed by atoms with Crippen LogP contribution in [0, 0.1) is 0 Å². The van der Waals surface area contributed by atoms with E-state index in [4.69, 9.17) is 6.48 Å². The van der Waals surface area contributed by atoms with Crippen molar-refractivity contribution in [1.82, 2.24) is 14.5 Å². The first-order valence-corrected chi connectivity index (χ1v) is 5.13. The fourth-order valence-corrected chi connectivity index (χ4v) is 2.00. The van der Waals surface area contributed by atoms with Gasteiger partial charge < -0.3 is 9.67 Å². The average Bonchev–Trinajstić information content (AvgIpc) is 2.86. The molecule has 0 atom stereocenters. The third-order valence-electron chi connectivity index (χ3n) is 2.94. The predicted octanol–water partition coefficient (Wildman–Crippen LogP) is 0.559. The molecular formula is C10H13N3O2. The summed E-state index contributed by atoms with van der Waals surface area (Å²) in [6, 6.07) is -0.402. The highest BCUT2D eigenvalue weighted by Gasteiger charge is 2.32. The van der Waals surface area contributed by atoms with E-state index in [0.717, 1.165) is 31.8 Å². The first-order chi connectivity index (χ1) is 7.58. The lowest BCUT2D eigenvalue weighted by molar-refractivity contribution is 0.0691. The van der Waals surface area contributed by atoms with Crippen LogP contribution in [0.3, 0.4) is 0 Å². The van der Waals surface area contributed by atoms with Gasteiger partial charge in [0.25, 0.3) is 0 Å². The van der Waals surface area contributed by atoms with E-state index < -0.39 is 12.0 Å². The van der Waals surface area contributed by atoms with Crippen molar-refractivity contribution >= 4 is 5.97 Å². The summed E-state index contributed by atoms with van der Waals surface area (Å²) < 4.78 is 9.92. The number of carbonyl (C=O) groups is 1. The van der Waals surface area contributed by atoms with Gasteiger partial charge in [-0.1, -0.05) is 0 Å². The number of nitrogens with zero attached hydrogens (tertiary/aromatic N) is 3. The Morgan fingerprint density at radius 3 is 3.07 bits per heavy atom. The summed E-state index contributed by atoms with van der Waals surface area (Å²) in [7, 11) is 0. The summed E-state index contributed by atoms with van der Waals surface area (Å²) in [5.74, 6) is -0.220. The minimum atomic E-state index is -0.986. The molecule has 0 aromatic carbocycles. The summed E-state index contributed by atoms with van der Waals surface area (Å²) in [5, 5.41) is 8.85. The van der Waals surface area contributed by atoms with E-state index in [1.165, 1.54) is 0 Å². The molecule has 0 amide bonds. The van der Waals surface area contributed by atoms with Crippen molar-refractivity contribution in [2.75, 3.05) is 6.54 Å². The average molecular weight is 208 g/mol. The third kappa shape index (κ3) is 1.52. The fourth-order valence-electron chi connectivity index (χ4n) is 2.00. The summed E-state index contributed by atoms with van der Waals surface area (Å²) in [6.07, 6.45) is 3.41. The molecule has 3 rings (SSSR count). The number of fused-ring (bicyclic) bond motifs is 1. The molecule has 0 bridgehead atoms. The van der Waals surface area contributed by atoms with Crippen molar-refractivity contribution in [3.8, 4) is 0 Å². The Bertz CT molecular complexity index is 453. The molecule has 15 heavy (non-hydrogen) atoms. The van der Waals surface area contributed by atoms with Gasteiger partial charge in [0.1, 0.15) is 5.82 Å². The molecule has 0 radical (unpaired) electrons. The van der Waals surface area contributed by atoms with Crippen LogP contribution in [0.1, 0.15) is 30.5 Å². The van der Waals surface area contributed by atoms with E-state index >= 15 is 0 Å². The van der Waals surface area contributed by atoms with Gasteiger partial charge in [-0.05, 0) is 12.8 Å². The largest absolute Gasteiger partial charge is 0.476 e. The van der Waals surface area contributed by atoms with Gasteiger partial charge in [0.05, 0.1) is 6.54 Å². The number of carboxylic acid groups (broad SMARTS) is 1. The third-order valence-corrected chi connectivity index (χ3v) is 2.94. The Morgan fingerprint density at radius 1 is 1.60 bits per heavy atom. The van der Waals surface area contributed by atoms with Gasteiger partial charge in [-0.2, -0.15) is 0 Å². The molecular weight excluding hydrogens is 194 g/mol. The van der Waals surface area contributed by atoms with Gasteiger partial charge in [-0.15, -0.1) is 0 Å². The van der Waals surface area contributed by atoms with Crippen LogP contribution in [0.2, 0.25) is 0 Å². The molecule has 1 fully saturated rings. The van der Waals surface area contributed by atoms with Gasteiger partial charge in [0, 0.05) is 26.7 Å².